The van der Waals surface area contributed by atoms with E-state index in [0.29, 0.717) is 11.9 Å². The molecular formula is C24H22O4. The minimum Gasteiger partial charge on any atom is -0.453 e. The van der Waals surface area contributed by atoms with Gasteiger partial charge in [0.2, 0.25) is 0 Å². The van der Waals surface area contributed by atoms with Crippen molar-refractivity contribution < 1.29 is 18.9 Å². The molecule has 3 aromatic carbocycles. The highest BCUT2D eigenvalue weighted by Crippen LogP contribution is 2.42. The van der Waals surface area contributed by atoms with E-state index in [1.54, 1.807) is 0 Å². The van der Waals surface area contributed by atoms with Gasteiger partial charge in [-0.15, -0.1) is 0 Å². The van der Waals surface area contributed by atoms with Crippen molar-refractivity contribution in [1.29, 1.82) is 0 Å². The van der Waals surface area contributed by atoms with Gasteiger partial charge in [-0.2, -0.15) is 0 Å². The first-order chi connectivity index (χ1) is 13.8. The highest BCUT2D eigenvalue weighted by molar-refractivity contribution is 5.54. The lowest BCUT2D eigenvalue weighted by atomic mass is 9.97. The lowest BCUT2D eigenvalue weighted by Crippen LogP contribution is -2.06. The Morgan fingerprint density at radius 2 is 1.25 bits per heavy atom. The van der Waals surface area contributed by atoms with Crippen molar-refractivity contribution in [3.8, 4) is 23.0 Å². The molecule has 2 atom stereocenters. The van der Waals surface area contributed by atoms with E-state index in [2.05, 4.69) is 6.07 Å². The van der Waals surface area contributed by atoms with Crippen molar-refractivity contribution in [3.05, 3.63) is 83.9 Å². The van der Waals surface area contributed by atoms with Gasteiger partial charge in [-0.05, 0) is 35.9 Å². The molecule has 0 radical (unpaired) electrons. The number of ether oxygens (including phenoxy) is 4. The number of benzene rings is 3. The molecule has 2 aliphatic rings. The average Bonchev–Trinajstić information content (AvgIpc) is 3.64. The van der Waals surface area contributed by atoms with Crippen molar-refractivity contribution >= 4 is 0 Å². The second-order valence-corrected chi connectivity index (χ2v) is 7.18. The molecule has 2 heterocycles. The van der Waals surface area contributed by atoms with E-state index in [0.717, 1.165) is 48.9 Å². The summed E-state index contributed by atoms with van der Waals surface area (Å²) in [5.74, 6) is 3.06. The predicted molar refractivity (Wildman–Crippen MR) is 106 cm³/mol. The second kappa shape index (κ2) is 7.66. The first-order valence-corrected chi connectivity index (χ1v) is 9.69. The molecule has 0 amide bonds. The van der Waals surface area contributed by atoms with Crippen LogP contribution >= 0.6 is 0 Å². The third-order valence-electron chi connectivity index (χ3n) is 4.94. The molecule has 28 heavy (non-hydrogen) atoms. The van der Waals surface area contributed by atoms with E-state index in [1.807, 2.05) is 66.7 Å². The van der Waals surface area contributed by atoms with Gasteiger partial charge >= 0.3 is 0 Å². The van der Waals surface area contributed by atoms with Crippen LogP contribution in [-0.2, 0) is 22.3 Å². The zero-order valence-corrected chi connectivity index (χ0v) is 15.5. The first kappa shape index (κ1) is 17.3. The quantitative estimate of drug-likeness (QED) is 0.511. The molecule has 2 aliphatic heterocycles. The van der Waals surface area contributed by atoms with Gasteiger partial charge in [-0.3, -0.25) is 0 Å². The Hall–Kier alpha value is -2.82. The predicted octanol–water partition coefficient (Wildman–Crippen LogP) is 5.15. The third kappa shape index (κ3) is 4.19. The van der Waals surface area contributed by atoms with Crippen LogP contribution < -0.4 is 9.47 Å². The number of epoxide rings is 2. The molecule has 0 aromatic heterocycles. The molecule has 2 unspecified atom stereocenters. The van der Waals surface area contributed by atoms with Gasteiger partial charge in [0.1, 0.15) is 11.5 Å². The Bertz CT molecular complexity index is 932. The monoisotopic (exact) mass is 374 g/mol. The van der Waals surface area contributed by atoms with Crippen LogP contribution in [0, 0.1) is 0 Å². The van der Waals surface area contributed by atoms with E-state index in [1.165, 1.54) is 5.56 Å². The molecule has 2 saturated heterocycles. The van der Waals surface area contributed by atoms with Crippen molar-refractivity contribution in [2.75, 3.05) is 13.2 Å². The van der Waals surface area contributed by atoms with Gasteiger partial charge in [0.25, 0.3) is 0 Å². The van der Waals surface area contributed by atoms with Crippen LogP contribution in [0.2, 0.25) is 0 Å². The number of para-hydroxylation sites is 2. The Kier molecular flexibility index (Phi) is 4.73. The summed E-state index contributed by atoms with van der Waals surface area (Å²) in [5, 5.41) is 0. The van der Waals surface area contributed by atoms with Crippen molar-refractivity contribution in [3.63, 3.8) is 0 Å². The van der Waals surface area contributed by atoms with Crippen LogP contribution in [0.5, 0.6) is 23.0 Å². The highest BCUT2D eigenvalue weighted by atomic mass is 16.6. The molecule has 0 bridgehead atoms. The first-order valence-electron chi connectivity index (χ1n) is 9.69. The smallest absolute Gasteiger partial charge is 0.173 e. The number of rotatable bonds is 8. The zero-order valence-electron chi connectivity index (χ0n) is 15.5. The Morgan fingerprint density at radius 1 is 0.679 bits per heavy atom. The standard InChI is InChI=1S/C24H22O4/c1-3-7-18(8-4-1)27-23-12-11-17(13-20-15-25-20)22(14-21-16-26-21)24(23)28-19-9-5-2-6-10-19/h1-12,20-21H,13-16H2. The Balaban J connectivity index is 1.55. The largest absolute Gasteiger partial charge is 0.453 e. The molecule has 3 aromatic rings. The molecule has 0 saturated carbocycles. The fraction of sp³-hybridized carbons (Fsp3) is 0.250. The topological polar surface area (TPSA) is 43.5 Å². The summed E-state index contributed by atoms with van der Waals surface area (Å²) in [4.78, 5) is 0. The highest BCUT2D eigenvalue weighted by Gasteiger charge is 2.30. The van der Waals surface area contributed by atoms with Crippen molar-refractivity contribution in [2.24, 2.45) is 0 Å². The Labute approximate surface area is 164 Å². The van der Waals surface area contributed by atoms with Gasteiger partial charge < -0.3 is 18.9 Å². The lowest BCUT2D eigenvalue weighted by Gasteiger charge is -2.19. The van der Waals surface area contributed by atoms with E-state index < -0.39 is 0 Å². The summed E-state index contributed by atoms with van der Waals surface area (Å²) >= 11 is 0. The SMILES string of the molecule is c1ccc(Oc2ccc(CC3CO3)c(CC3CO3)c2Oc2ccccc2)cc1. The summed E-state index contributed by atoms with van der Waals surface area (Å²) in [6.45, 7) is 1.63. The van der Waals surface area contributed by atoms with Crippen LogP contribution in [0.15, 0.2) is 72.8 Å². The number of hydrogen-bond acceptors (Lipinski definition) is 4. The van der Waals surface area contributed by atoms with Gasteiger partial charge in [0, 0.05) is 18.4 Å². The van der Waals surface area contributed by atoms with Crippen LogP contribution in [-0.4, -0.2) is 25.4 Å². The van der Waals surface area contributed by atoms with Crippen molar-refractivity contribution in [1.82, 2.24) is 0 Å². The minimum absolute atomic E-state index is 0.254. The van der Waals surface area contributed by atoms with Crippen LogP contribution in [0.4, 0.5) is 0 Å². The minimum atomic E-state index is 0.254. The van der Waals surface area contributed by atoms with Gasteiger partial charge in [0.15, 0.2) is 11.5 Å². The van der Waals surface area contributed by atoms with E-state index in [-0.39, 0.29) is 6.10 Å². The van der Waals surface area contributed by atoms with Gasteiger partial charge in [-0.25, -0.2) is 0 Å². The van der Waals surface area contributed by atoms with Crippen LogP contribution in [0.1, 0.15) is 11.1 Å². The fourth-order valence-corrected chi connectivity index (χ4v) is 3.32. The van der Waals surface area contributed by atoms with Gasteiger partial charge in [0.05, 0.1) is 25.4 Å². The molecule has 0 aliphatic carbocycles. The summed E-state index contributed by atoms with van der Waals surface area (Å²) < 4.78 is 23.6. The molecular weight excluding hydrogens is 352 g/mol. The molecule has 0 spiro atoms. The average molecular weight is 374 g/mol. The zero-order chi connectivity index (χ0) is 18.8. The second-order valence-electron chi connectivity index (χ2n) is 7.18. The van der Waals surface area contributed by atoms with E-state index in [9.17, 15) is 0 Å². The maximum Gasteiger partial charge on any atom is 0.173 e. The molecule has 4 nitrogen and oxygen atoms in total. The van der Waals surface area contributed by atoms with Crippen molar-refractivity contribution in [2.45, 2.75) is 25.0 Å². The van der Waals surface area contributed by atoms with Crippen LogP contribution in [0.25, 0.3) is 0 Å². The summed E-state index contributed by atoms with van der Waals surface area (Å²) in [6.07, 6.45) is 2.27. The summed E-state index contributed by atoms with van der Waals surface area (Å²) in [7, 11) is 0. The summed E-state index contributed by atoms with van der Waals surface area (Å²) in [6, 6.07) is 23.8. The fourth-order valence-electron chi connectivity index (χ4n) is 3.32. The number of hydrogen-bond donors (Lipinski definition) is 0. The lowest BCUT2D eigenvalue weighted by molar-refractivity contribution is 0.389. The molecule has 5 rings (SSSR count). The van der Waals surface area contributed by atoms with Crippen LogP contribution in [0.3, 0.4) is 0 Å². The molecule has 142 valence electrons. The maximum atomic E-state index is 6.36. The Morgan fingerprint density at radius 3 is 1.86 bits per heavy atom. The maximum absolute atomic E-state index is 6.36. The molecule has 0 N–H and O–H groups in total. The van der Waals surface area contributed by atoms with E-state index in [4.69, 9.17) is 18.9 Å². The molecule has 4 heteroatoms. The summed E-state index contributed by atoms with van der Waals surface area (Å²) in [5.41, 5.74) is 2.39. The normalized spacial score (nSPS) is 19.9. The van der Waals surface area contributed by atoms with E-state index >= 15 is 0 Å². The molecule has 2 fully saturated rings. The third-order valence-corrected chi connectivity index (χ3v) is 4.94. The van der Waals surface area contributed by atoms with Gasteiger partial charge in [-0.1, -0.05) is 42.5 Å².